The maximum atomic E-state index is 13.0. The number of amides is 2. The Balaban J connectivity index is 1.67. The van der Waals surface area contributed by atoms with Crippen LogP contribution in [0.25, 0.3) is 0 Å². The molecule has 2 amide bonds. The number of hydrogen-bond donors (Lipinski definition) is 2. The lowest BCUT2D eigenvalue weighted by Crippen LogP contribution is -2.42. The highest BCUT2D eigenvalue weighted by Crippen LogP contribution is 2.27. The lowest BCUT2D eigenvalue weighted by atomic mass is 9.99. The number of nitrogens with one attached hydrogen (secondary N) is 2. The van der Waals surface area contributed by atoms with Gasteiger partial charge in [-0.05, 0) is 62.4 Å². The first-order valence-electron chi connectivity index (χ1n) is 10.7. The molecule has 0 radical (unpaired) electrons. The van der Waals surface area contributed by atoms with Crippen LogP contribution in [0.15, 0.2) is 72.8 Å². The van der Waals surface area contributed by atoms with E-state index in [2.05, 4.69) is 10.7 Å². The van der Waals surface area contributed by atoms with Gasteiger partial charge in [0.2, 0.25) is 12.3 Å². The first-order valence-corrected chi connectivity index (χ1v) is 11.1. The van der Waals surface area contributed by atoms with Crippen molar-refractivity contribution in [3.05, 3.63) is 100 Å². The van der Waals surface area contributed by atoms with E-state index in [4.69, 9.17) is 16.3 Å². The maximum Gasteiger partial charge on any atom is 0.304 e. The van der Waals surface area contributed by atoms with Crippen LogP contribution in [0.1, 0.15) is 40.0 Å². The SMILES string of the molecule is CCOc1ccc(/C=[N+]2\NC(=O)[C@H](NC(=O)c3cccc(C)c3)[C@@H]2c2ccc(Cl)cc2)cc1. The Morgan fingerprint density at radius 1 is 1.12 bits per heavy atom. The molecule has 168 valence electrons. The van der Waals surface area contributed by atoms with Crippen LogP contribution in [0.5, 0.6) is 5.75 Å². The van der Waals surface area contributed by atoms with Crippen molar-refractivity contribution in [1.82, 2.24) is 10.7 Å². The maximum absolute atomic E-state index is 13.0. The molecule has 1 saturated heterocycles. The second kappa shape index (κ2) is 9.88. The van der Waals surface area contributed by atoms with Crippen LogP contribution >= 0.6 is 11.6 Å². The van der Waals surface area contributed by atoms with Gasteiger partial charge in [-0.25, -0.2) is 0 Å². The first-order chi connectivity index (χ1) is 15.9. The lowest BCUT2D eigenvalue weighted by molar-refractivity contribution is -0.596. The van der Waals surface area contributed by atoms with Crippen LogP contribution in [0.3, 0.4) is 0 Å². The summed E-state index contributed by atoms with van der Waals surface area (Å²) in [5, 5.41) is 3.51. The summed E-state index contributed by atoms with van der Waals surface area (Å²) >= 11 is 6.08. The normalized spacial score (nSPS) is 18.8. The lowest BCUT2D eigenvalue weighted by Gasteiger charge is -2.15. The van der Waals surface area contributed by atoms with Crippen LogP contribution in [-0.4, -0.2) is 35.4 Å². The molecule has 1 fully saturated rings. The van der Waals surface area contributed by atoms with Gasteiger partial charge in [0.1, 0.15) is 5.75 Å². The van der Waals surface area contributed by atoms with Gasteiger partial charge in [0.25, 0.3) is 5.91 Å². The number of hydrogen-bond acceptors (Lipinski definition) is 3. The molecular weight excluding hydrogens is 438 g/mol. The highest BCUT2D eigenvalue weighted by molar-refractivity contribution is 6.30. The highest BCUT2D eigenvalue weighted by atomic mass is 35.5. The van der Waals surface area contributed by atoms with Gasteiger partial charge in [0.05, 0.1) is 6.61 Å². The summed E-state index contributed by atoms with van der Waals surface area (Å²) in [6.07, 6.45) is 1.84. The minimum atomic E-state index is -0.793. The second-order valence-corrected chi connectivity index (χ2v) is 8.27. The number of carbonyl (C=O) groups is 2. The molecule has 0 aromatic heterocycles. The monoisotopic (exact) mass is 462 g/mol. The smallest absolute Gasteiger partial charge is 0.304 e. The van der Waals surface area contributed by atoms with Crippen molar-refractivity contribution in [3.63, 3.8) is 0 Å². The number of aryl methyl sites for hydroxylation is 1. The number of rotatable bonds is 6. The largest absolute Gasteiger partial charge is 0.494 e. The van der Waals surface area contributed by atoms with E-state index < -0.39 is 12.1 Å². The van der Waals surface area contributed by atoms with Crippen molar-refractivity contribution in [1.29, 1.82) is 0 Å². The average molecular weight is 463 g/mol. The van der Waals surface area contributed by atoms with Gasteiger partial charge >= 0.3 is 5.91 Å². The Morgan fingerprint density at radius 3 is 2.52 bits per heavy atom. The first kappa shape index (κ1) is 22.6. The van der Waals surface area contributed by atoms with Crippen LogP contribution in [0.4, 0.5) is 0 Å². The topological polar surface area (TPSA) is 70.4 Å². The van der Waals surface area contributed by atoms with Crippen molar-refractivity contribution < 1.29 is 19.0 Å². The van der Waals surface area contributed by atoms with Gasteiger partial charge in [-0.3, -0.25) is 9.59 Å². The van der Waals surface area contributed by atoms with E-state index in [9.17, 15) is 9.59 Å². The van der Waals surface area contributed by atoms with Gasteiger partial charge in [0.15, 0.2) is 6.04 Å². The number of nitrogens with zero attached hydrogens (tertiary/aromatic N) is 1. The minimum Gasteiger partial charge on any atom is -0.494 e. The zero-order valence-corrected chi connectivity index (χ0v) is 19.2. The molecule has 0 spiro atoms. The van der Waals surface area contributed by atoms with Crippen molar-refractivity contribution in [2.45, 2.75) is 25.9 Å². The fraction of sp³-hybridized carbons (Fsp3) is 0.192. The molecule has 2 N–H and O–H groups in total. The summed E-state index contributed by atoms with van der Waals surface area (Å²) in [6.45, 7) is 4.44. The molecule has 3 aromatic carbocycles. The molecule has 0 aliphatic carbocycles. The van der Waals surface area contributed by atoms with E-state index in [0.29, 0.717) is 17.2 Å². The molecule has 2 atom stereocenters. The Morgan fingerprint density at radius 2 is 1.85 bits per heavy atom. The zero-order chi connectivity index (χ0) is 23.4. The van der Waals surface area contributed by atoms with Crippen LogP contribution < -0.4 is 15.5 Å². The van der Waals surface area contributed by atoms with Crippen LogP contribution in [0.2, 0.25) is 5.02 Å². The van der Waals surface area contributed by atoms with Gasteiger partial charge in [0, 0.05) is 21.7 Å². The number of hydrazine groups is 1. The fourth-order valence-electron chi connectivity index (χ4n) is 3.83. The standard InChI is InChI=1S/C26H24ClN3O3/c1-3-33-22-13-7-18(8-14-22)16-30-24(19-9-11-21(27)12-10-19)23(26(32)29-30)28-25(31)20-6-4-5-17(2)15-20/h4-16,23-24H,3H2,1-2H3,(H-,28,29,31,32)/p+1/b30-16-/t23-,24+/m1/s1. The summed E-state index contributed by atoms with van der Waals surface area (Å²) in [5.41, 5.74) is 6.08. The third-order valence-electron chi connectivity index (χ3n) is 5.39. The summed E-state index contributed by atoms with van der Waals surface area (Å²) in [6, 6.07) is 20.9. The van der Waals surface area contributed by atoms with Crippen molar-refractivity contribution in [2.75, 3.05) is 6.61 Å². The third kappa shape index (κ3) is 5.23. The molecular formula is C26H25ClN3O3+. The second-order valence-electron chi connectivity index (χ2n) is 7.83. The average Bonchev–Trinajstić information content (AvgIpc) is 3.10. The quantitative estimate of drug-likeness (QED) is 0.543. The Kier molecular flexibility index (Phi) is 6.75. The number of carbonyl (C=O) groups excluding carboxylic acids is 2. The molecule has 7 heteroatoms. The molecule has 1 aliphatic rings. The number of ether oxygens (including phenoxy) is 1. The number of hydrazone groups is 1. The third-order valence-corrected chi connectivity index (χ3v) is 5.65. The molecule has 0 saturated carbocycles. The Labute approximate surface area is 197 Å². The van der Waals surface area contributed by atoms with Crippen LogP contribution in [-0.2, 0) is 4.79 Å². The van der Waals surface area contributed by atoms with E-state index in [0.717, 1.165) is 22.4 Å². The highest BCUT2D eigenvalue weighted by Gasteiger charge is 2.47. The Bertz CT molecular complexity index is 1190. The van der Waals surface area contributed by atoms with Gasteiger partial charge in [-0.15, -0.1) is 10.1 Å². The van der Waals surface area contributed by atoms with Crippen molar-refractivity contribution in [3.8, 4) is 5.75 Å². The molecule has 33 heavy (non-hydrogen) atoms. The van der Waals surface area contributed by atoms with E-state index in [1.807, 2.05) is 68.6 Å². The fourth-order valence-corrected chi connectivity index (χ4v) is 3.95. The molecule has 0 unspecified atom stereocenters. The summed E-state index contributed by atoms with van der Waals surface area (Å²) in [4.78, 5) is 25.9. The van der Waals surface area contributed by atoms with Crippen molar-refractivity contribution in [2.24, 2.45) is 0 Å². The minimum absolute atomic E-state index is 0.293. The van der Waals surface area contributed by atoms with E-state index >= 15 is 0 Å². The van der Waals surface area contributed by atoms with Crippen LogP contribution in [0, 0.1) is 6.92 Å². The predicted molar refractivity (Wildman–Crippen MR) is 128 cm³/mol. The zero-order valence-electron chi connectivity index (χ0n) is 18.4. The van der Waals surface area contributed by atoms with E-state index in [1.54, 1.807) is 28.9 Å². The van der Waals surface area contributed by atoms with Gasteiger partial charge in [-0.2, -0.15) is 0 Å². The van der Waals surface area contributed by atoms with E-state index in [-0.39, 0.29) is 11.8 Å². The molecule has 3 aromatic rings. The van der Waals surface area contributed by atoms with Gasteiger partial charge < -0.3 is 10.1 Å². The number of benzene rings is 3. The molecule has 1 aliphatic heterocycles. The van der Waals surface area contributed by atoms with E-state index in [1.165, 1.54) is 0 Å². The predicted octanol–water partition coefficient (Wildman–Crippen LogP) is 4.06. The summed E-state index contributed by atoms with van der Waals surface area (Å²) in [5.74, 6) is 0.177. The number of halogens is 1. The summed E-state index contributed by atoms with van der Waals surface area (Å²) < 4.78 is 7.23. The van der Waals surface area contributed by atoms with Gasteiger partial charge in [-0.1, -0.05) is 41.4 Å². The molecule has 1 heterocycles. The Hall–Kier alpha value is -3.64. The molecule has 0 bridgehead atoms. The summed E-state index contributed by atoms with van der Waals surface area (Å²) in [7, 11) is 0. The molecule has 6 nitrogen and oxygen atoms in total. The van der Waals surface area contributed by atoms with Crippen molar-refractivity contribution >= 4 is 29.6 Å². The molecule has 4 rings (SSSR count).